The molecule has 4 heterocycles. The van der Waals surface area contributed by atoms with Crippen molar-refractivity contribution in [3.05, 3.63) is 48.7 Å². The maximum Gasteiger partial charge on any atom is 0.490 e. The number of hydrogen-bond donors (Lipinski definition) is 1. The number of amides is 1. The molecule has 1 spiro atoms. The minimum Gasteiger partial charge on any atom is -0.475 e. The topological polar surface area (TPSA) is 115 Å². The molecule has 0 aromatic carbocycles. The van der Waals surface area contributed by atoms with Crippen molar-refractivity contribution in [2.24, 2.45) is 0 Å². The zero-order valence-corrected chi connectivity index (χ0v) is 16.2. The molecule has 1 amide bonds. The van der Waals surface area contributed by atoms with Gasteiger partial charge in [0.15, 0.2) is 0 Å². The Labute approximate surface area is 174 Å². The molecule has 2 aliphatic rings. The highest BCUT2D eigenvalue weighted by molar-refractivity contribution is 5.92. The number of carboxylic acid groups (broad SMARTS) is 1. The van der Waals surface area contributed by atoms with Crippen LogP contribution < -0.4 is 4.74 Å². The molecule has 4 rings (SSSR count). The Kier molecular flexibility index (Phi) is 6.68. The molecule has 0 bridgehead atoms. The fraction of sp³-hybridized carbons (Fsp3) is 0.421. The van der Waals surface area contributed by atoms with E-state index in [-0.39, 0.29) is 17.6 Å². The lowest BCUT2D eigenvalue weighted by molar-refractivity contribution is -0.192. The number of hydrogen-bond acceptors (Lipinski definition) is 7. The third-order valence-corrected chi connectivity index (χ3v) is 4.75. The van der Waals surface area contributed by atoms with Gasteiger partial charge in [0.25, 0.3) is 5.91 Å². The van der Waals surface area contributed by atoms with Gasteiger partial charge in [0.1, 0.15) is 18.1 Å². The molecule has 2 saturated heterocycles. The van der Waals surface area contributed by atoms with Crippen molar-refractivity contribution in [2.45, 2.75) is 30.7 Å². The molecule has 0 saturated carbocycles. The van der Waals surface area contributed by atoms with E-state index in [1.807, 2.05) is 18.2 Å². The number of halogens is 3. The highest BCUT2D eigenvalue weighted by atomic mass is 19.4. The molecule has 2 aliphatic heterocycles. The van der Waals surface area contributed by atoms with Crippen molar-refractivity contribution in [1.29, 1.82) is 0 Å². The second-order valence-electron chi connectivity index (χ2n) is 6.98. The number of carboxylic acids is 1. The molecule has 2 aromatic heterocycles. The Bertz CT molecular complexity index is 900. The summed E-state index contributed by atoms with van der Waals surface area (Å²) in [7, 11) is 0. The van der Waals surface area contributed by atoms with Gasteiger partial charge in [-0.1, -0.05) is 6.07 Å². The Balaban J connectivity index is 0.000000339. The first-order chi connectivity index (χ1) is 14.7. The van der Waals surface area contributed by atoms with Gasteiger partial charge in [-0.25, -0.2) is 19.7 Å². The van der Waals surface area contributed by atoms with Crippen LogP contribution in [0.4, 0.5) is 13.2 Å². The summed E-state index contributed by atoms with van der Waals surface area (Å²) in [6.07, 6.45) is 1.13. The van der Waals surface area contributed by atoms with Crippen LogP contribution in [0.2, 0.25) is 0 Å². The van der Waals surface area contributed by atoms with Crippen LogP contribution in [0.15, 0.2) is 43.0 Å². The molecule has 0 aliphatic carbocycles. The van der Waals surface area contributed by atoms with Gasteiger partial charge in [-0.2, -0.15) is 13.2 Å². The minimum absolute atomic E-state index is 0.0333. The van der Waals surface area contributed by atoms with Crippen LogP contribution in [0.5, 0.6) is 5.88 Å². The van der Waals surface area contributed by atoms with Crippen molar-refractivity contribution in [2.75, 3.05) is 19.7 Å². The van der Waals surface area contributed by atoms with E-state index >= 15 is 0 Å². The summed E-state index contributed by atoms with van der Waals surface area (Å²) >= 11 is 0. The first kappa shape index (κ1) is 22.4. The second-order valence-corrected chi connectivity index (χ2v) is 6.98. The summed E-state index contributed by atoms with van der Waals surface area (Å²) in [6.45, 7) is 1.75. The molecule has 2 aromatic rings. The first-order valence-corrected chi connectivity index (χ1v) is 9.26. The number of ether oxygens (including phenoxy) is 2. The number of nitrogens with zero attached hydrogens (tertiary/aromatic N) is 4. The third kappa shape index (κ3) is 5.87. The Hall–Kier alpha value is -3.28. The number of likely N-dealkylation sites (tertiary alicyclic amines) is 1. The second kappa shape index (κ2) is 9.25. The average molecular weight is 440 g/mol. The van der Waals surface area contributed by atoms with Crippen LogP contribution in [-0.2, 0) is 9.53 Å². The van der Waals surface area contributed by atoms with Crippen molar-refractivity contribution in [3.8, 4) is 5.88 Å². The maximum atomic E-state index is 12.5. The van der Waals surface area contributed by atoms with Gasteiger partial charge in [0, 0.05) is 31.4 Å². The van der Waals surface area contributed by atoms with E-state index in [4.69, 9.17) is 19.4 Å². The predicted octanol–water partition coefficient (Wildman–Crippen LogP) is 1.96. The van der Waals surface area contributed by atoms with Crippen LogP contribution in [0.1, 0.15) is 23.3 Å². The maximum absolute atomic E-state index is 12.5. The molecule has 9 nitrogen and oxygen atoms in total. The number of rotatable bonds is 3. The van der Waals surface area contributed by atoms with E-state index in [2.05, 4.69) is 15.0 Å². The molecular weight excluding hydrogens is 421 g/mol. The first-order valence-electron chi connectivity index (χ1n) is 9.26. The number of aliphatic carboxylic acids is 1. The molecule has 1 N–H and O–H groups in total. The molecule has 0 unspecified atom stereocenters. The van der Waals surface area contributed by atoms with Gasteiger partial charge in [0.2, 0.25) is 5.88 Å². The van der Waals surface area contributed by atoms with Crippen molar-refractivity contribution in [1.82, 2.24) is 19.9 Å². The monoisotopic (exact) mass is 440 g/mol. The third-order valence-electron chi connectivity index (χ3n) is 4.75. The normalized spacial score (nSPS) is 22.7. The van der Waals surface area contributed by atoms with Crippen LogP contribution in [0.25, 0.3) is 0 Å². The molecule has 2 fully saturated rings. The number of alkyl halides is 3. The lowest BCUT2D eigenvalue weighted by Gasteiger charge is -2.23. The number of aromatic nitrogens is 3. The summed E-state index contributed by atoms with van der Waals surface area (Å²) < 4.78 is 43.6. The molecule has 0 radical (unpaired) electrons. The summed E-state index contributed by atoms with van der Waals surface area (Å²) in [4.78, 5) is 35.3. The van der Waals surface area contributed by atoms with Gasteiger partial charge in [-0.15, -0.1) is 0 Å². The van der Waals surface area contributed by atoms with Crippen LogP contribution >= 0.6 is 0 Å². The number of carbonyl (C=O) groups is 2. The predicted molar refractivity (Wildman–Crippen MR) is 98.2 cm³/mol. The van der Waals surface area contributed by atoms with E-state index in [1.165, 1.54) is 6.33 Å². The van der Waals surface area contributed by atoms with Crippen molar-refractivity contribution < 1.29 is 37.3 Å². The Morgan fingerprint density at radius 1 is 1.23 bits per heavy atom. The van der Waals surface area contributed by atoms with E-state index < -0.39 is 12.1 Å². The molecule has 166 valence electrons. The van der Waals surface area contributed by atoms with Gasteiger partial charge >= 0.3 is 12.1 Å². The fourth-order valence-electron chi connectivity index (χ4n) is 3.35. The smallest absolute Gasteiger partial charge is 0.475 e. The standard InChI is InChI=1S/C17H18N4O3.C2HF3O2/c22-16(14-4-7-18-12-20-14)21-8-5-17(11-21)9-13(10-23-17)24-15-3-1-2-6-19-15;3-2(4,5)1(6)7/h1-4,6-7,12-13H,5,8-11H2;(H,6,7)/t13-,17-;/m0./s1. The Morgan fingerprint density at radius 3 is 2.61 bits per heavy atom. The molecule has 2 atom stereocenters. The minimum atomic E-state index is -5.08. The summed E-state index contributed by atoms with van der Waals surface area (Å²) in [5, 5.41) is 7.12. The van der Waals surface area contributed by atoms with Crippen LogP contribution in [-0.4, -0.2) is 74.4 Å². The molecule has 31 heavy (non-hydrogen) atoms. The number of carbonyl (C=O) groups excluding carboxylic acids is 1. The van der Waals surface area contributed by atoms with Crippen molar-refractivity contribution in [3.63, 3.8) is 0 Å². The van der Waals surface area contributed by atoms with E-state index in [0.717, 1.165) is 12.8 Å². The highest BCUT2D eigenvalue weighted by Crippen LogP contribution is 2.36. The fourth-order valence-corrected chi connectivity index (χ4v) is 3.35. The summed E-state index contributed by atoms with van der Waals surface area (Å²) in [5.41, 5.74) is 0.101. The SMILES string of the molecule is O=C(O)C(F)(F)F.O=C(c1ccncn1)N1CC[C@]2(C[C@H](Oc3ccccn3)CO2)C1. The van der Waals surface area contributed by atoms with Gasteiger partial charge in [0.05, 0.1) is 18.8 Å². The van der Waals surface area contributed by atoms with Gasteiger partial charge in [-0.05, 0) is 18.6 Å². The Morgan fingerprint density at radius 2 is 2.00 bits per heavy atom. The van der Waals surface area contributed by atoms with Crippen molar-refractivity contribution >= 4 is 11.9 Å². The lowest BCUT2D eigenvalue weighted by Crippen LogP contribution is -2.36. The van der Waals surface area contributed by atoms with E-state index in [1.54, 1.807) is 23.4 Å². The largest absolute Gasteiger partial charge is 0.490 e. The average Bonchev–Trinajstić information content (AvgIpc) is 3.35. The van der Waals surface area contributed by atoms with Crippen LogP contribution in [0, 0.1) is 0 Å². The highest BCUT2D eigenvalue weighted by Gasteiger charge is 2.47. The van der Waals surface area contributed by atoms with E-state index in [0.29, 0.717) is 31.3 Å². The summed E-state index contributed by atoms with van der Waals surface area (Å²) in [6, 6.07) is 7.22. The molecule has 12 heteroatoms. The molecular formula is C19H19F3N4O5. The van der Waals surface area contributed by atoms with Gasteiger partial charge in [-0.3, -0.25) is 4.79 Å². The van der Waals surface area contributed by atoms with E-state index in [9.17, 15) is 18.0 Å². The van der Waals surface area contributed by atoms with Crippen LogP contribution in [0.3, 0.4) is 0 Å². The van der Waals surface area contributed by atoms with Gasteiger partial charge < -0.3 is 19.5 Å². The quantitative estimate of drug-likeness (QED) is 0.770. The zero-order chi connectivity index (χ0) is 22.5. The zero-order valence-electron chi connectivity index (χ0n) is 16.2. The lowest BCUT2D eigenvalue weighted by atomic mass is 9.98. The summed E-state index contributed by atoms with van der Waals surface area (Å²) in [5.74, 6) is -2.23. The number of pyridine rings is 1.